The number of nitrogens with two attached hydrogens (primary N) is 1. The van der Waals surface area contributed by atoms with Crippen LogP contribution in [0.15, 0.2) is 23.2 Å². The van der Waals surface area contributed by atoms with Crippen LogP contribution in [0.4, 0.5) is 19.6 Å². The molecule has 166 valence electrons. The Bertz CT molecular complexity index is 981. The molecule has 0 saturated heterocycles. The highest BCUT2D eigenvalue weighted by atomic mass is 35.5. The second-order valence-corrected chi connectivity index (χ2v) is 10.7. The van der Waals surface area contributed by atoms with E-state index in [1.165, 1.54) is 6.42 Å². The van der Waals surface area contributed by atoms with Gasteiger partial charge in [-0.2, -0.15) is 4.39 Å². The number of thiazole rings is 1. The van der Waals surface area contributed by atoms with E-state index in [4.69, 9.17) is 17.3 Å². The lowest BCUT2D eigenvalue weighted by molar-refractivity contribution is 0.224. The summed E-state index contributed by atoms with van der Waals surface area (Å²) in [5.74, 6) is -0.958. The van der Waals surface area contributed by atoms with Gasteiger partial charge in [-0.1, -0.05) is 42.2 Å². The number of unbranched alkanes of at least 4 members (excludes halogenated alkanes) is 3. The maximum Gasteiger partial charge on any atom is 0.266 e. The summed E-state index contributed by atoms with van der Waals surface area (Å²) >= 11 is 6.65. The lowest BCUT2D eigenvalue weighted by Crippen LogP contribution is -2.46. The zero-order valence-corrected chi connectivity index (χ0v) is 18.8. The van der Waals surface area contributed by atoms with Gasteiger partial charge in [0.05, 0.1) is 16.9 Å². The van der Waals surface area contributed by atoms with Gasteiger partial charge in [-0.3, -0.25) is 4.72 Å². The molecule has 1 aromatic heterocycles. The van der Waals surface area contributed by atoms with Crippen LogP contribution in [-0.2, 0) is 10.0 Å². The third-order valence-electron chi connectivity index (χ3n) is 5.28. The fraction of sp³-hybridized carbons (Fsp3) is 0.526. The molecule has 1 heterocycles. The summed E-state index contributed by atoms with van der Waals surface area (Å²) in [6.07, 6.45) is 9.52. The van der Waals surface area contributed by atoms with E-state index in [0.29, 0.717) is 23.6 Å². The summed E-state index contributed by atoms with van der Waals surface area (Å²) in [4.78, 5) is 2.94. The van der Waals surface area contributed by atoms with Crippen molar-refractivity contribution in [3.05, 3.63) is 34.3 Å². The van der Waals surface area contributed by atoms with E-state index >= 15 is 0 Å². The van der Waals surface area contributed by atoms with Crippen molar-refractivity contribution in [1.82, 2.24) is 4.98 Å². The Balaban J connectivity index is 1.49. The van der Waals surface area contributed by atoms with Gasteiger partial charge in [0.25, 0.3) is 10.0 Å². The van der Waals surface area contributed by atoms with E-state index in [9.17, 15) is 17.2 Å². The van der Waals surface area contributed by atoms with Crippen molar-refractivity contribution >= 4 is 43.8 Å². The number of aromatic nitrogens is 1. The van der Waals surface area contributed by atoms with Crippen LogP contribution >= 0.6 is 22.9 Å². The van der Waals surface area contributed by atoms with Crippen LogP contribution in [0.3, 0.4) is 0 Å². The third-order valence-corrected chi connectivity index (χ3v) is 7.77. The molecular formula is C19H25ClF2N4O2S2. The highest BCUT2D eigenvalue weighted by Crippen LogP contribution is 2.34. The van der Waals surface area contributed by atoms with Crippen LogP contribution < -0.4 is 15.8 Å². The summed E-state index contributed by atoms with van der Waals surface area (Å²) in [6, 6.07) is 2.08. The van der Waals surface area contributed by atoms with Crippen molar-refractivity contribution in [1.29, 1.82) is 0 Å². The molecule has 0 unspecified atom stereocenters. The predicted molar refractivity (Wildman–Crippen MR) is 117 cm³/mol. The summed E-state index contributed by atoms with van der Waals surface area (Å²) in [5.41, 5.74) is 6.59. The van der Waals surface area contributed by atoms with Gasteiger partial charge in [0.15, 0.2) is 10.3 Å². The maximum atomic E-state index is 14.4. The summed E-state index contributed by atoms with van der Waals surface area (Å²) < 4.78 is 54.2. The van der Waals surface area contributed by atoms with Gasteiger partial charge < -0.3 is 11.1 Å². The van der Waals surface area contributed by atoms with Gasteiger partial charge in [-0.05, 0) is 44.2 Å². The van der Waals surface area contributed by atoms with Crippen LogP contribution in [0.5, 0.6) is 0 Å². The van der Waals surface area contributed by atoms with E-state index in [-0.39, 0.29) is 15.7 Å². The smallest absolute Gasteiger partial charge is 0.266 e. The molecule has 6 nitrogen and oxygen atoms in total. The summed E-state index contributed by atoms with van der Waals surface area (Å²) in [7, 11) is -4.28. The third kappa shape index (κ3) is 6.03. The molecule has 0 amide bonds. The molecule has 1 saturated carbocycles. The Morgan fingerprint density at radius 1 is 1.20 bits per heavy atom. The Hall–Kier alpha value is -1.49. The first-order valence-electron chi connectivity index (χ1n) is 9.84. The molecule has 4 N–H and O–H groups in total. The number of nitrogens with zero attached hydrogens (tertiary/aromatic N) is 1. The van der Waals surface area contributed by atoms with Gasteiger partial charge in [0, 0.05) is 12.1 Å². The van der Waals surface area contributed by atoms with Gasteiger partial charge in [0.2, 0.25) is 0 Å². The van der Waals surface area contributed by atoms with Crippen molar-refractivity contribution in [3.63, 3.8) is 0 Å². The molecule has 1 aliphatic rings. The second kappa shape index (κ2) is 9.76. The van der Waals surface area contributed by atoms with Crippen molar-refractivity contribution in [2.24, 2.45) is 5.73 Å². The summed E-state index contributed by atoms with van der Waals surface area (Å²) in [6.45, 7) is 0.593. The molecular weight excluding hydrogens is 454 g/mol. The zero-order chi connectivity index (χ0) is 21.8. The molecule has 1 fully saturated rings. The number of hydrogen-bond acceptors (Lipinski definition) is 6. The molecule has 0 atom stereocenters. The first-order chi connectivity index (χ1) is 14.2. The largest absolute Gasteiger partial charge is 0.384 e. The van der Waals surface area contributed by atoms with E-state index in [1.54, 1.807) is 0 Å². The first-order valence-corrected chi connectivity index (χ1v) is 12.5. The predicted octanol–water partition coefficient (Wildman–Crippen LogP) is 5.12. The average molecular weight is 479 g/mol. The van der Waals surface area contributed by atoms with Crippen LogP contribution in [0.25, 0.3) is 0 Å². The quantitative estimate of drug-likeness (QED) is 0.389. The lowest BCUT2D eigenvalue weighted by Gasteiger charge is -2.38. The molecule has 30 heavy (non-hydrogen) atoms. The van der Waals surface area contributed by atoms with Crippen molar-refractivity contribution in [3.8, 4) is 0 Å². The molecule has 1 aromatic carbocycles. The SMILES string of the molecule is NC1(CCCCCCNc2cc(F)c(S(=O)(=O)Nc3ncc(F)s3)cc2Cl)CCC1. The highest BCUT2D eigenvalue weighted by molar-refractivity contribution is 7.93. The monoisotopic (exact) mass is 478 g/mol. The van der Waals surface area contributed by atoms with E-state index in [1.807, 2.05) is 4.72 Å². The molecule has 3 rings (SSSR count). The van der Waals surface area contributed by atoms with E-state index in [2.05, 4.69) is 10.3 Å². The molecule has 1 aliphatic carbocycles. The minimum absolute atomic E-state index is 0.0635. The Kier molecular flexibility index (Phi) is 7.54. The molecule has 0 aliphatic heterocycles. The van der Waals surface area contributed by atoms with Gasteiger partial charge in [0.1, 0.15) is 10.7 Å². The summed E-state index contributed by atoms with van der Waals surface area (Å²) in [5, 5.41) is 2.28. The Morgan fingerprint density at radius 3 is 2.57 bits per heavy atom. The van der Waals surface area contributed by atoms with Crippen molar-refractivity contribution < 1.29 is 17.2 Å². The van der Waals surface area contributed by atoms with Crippen molar-refractivity contribution in [2.45, 2.75) is 61.8 Å². The maximum absolute atomic E-state index is 14.4. The number of rotatable bonds is 11. The van der Waals surface area contributed by atoms with Gasteiger partial charge in [-0.15, -0.1) is 0 Å². The Morgan fingerprint density at radius 2 is 1.93 bits per heavy atom. The first kappa shape index (κ1) is 23.2. The van der Waals surface area contributed by atoms with Crippen LogP contribution in [0.2, 0.25) is 5.02 Å². The van der Waals surface area contributed by atoms with Gasteiger partial charge >= 0.3 is 0 Å². The molecule has 2 aromatic rings. The number of benzene rings is 1. The Labute approximate surface area is 184 Å². The number of nitrogens with one attached hydrogen (secondary N) is 2. The van der Waals surface area contributed by atoms with Crippen molar-refractivity contribution in [2.75, 3.05) is 16.6 Å². The van der Waals surface area contributed by atoms with Crippen LogP contribution in [-0.4, -0.2) is 25.5 Å². The molecule has 0 spiro atoms. The topological polar surface area (TPSA) is 97.1 Å². The van der Waals surface area contributed by atoms with E-state index in [0.717, 1.165) is 63.3 Å². The highest BCUT2D eigenvalue weighted by Gasteiger charge is 2.31. The minimum Gasteiger partial charge on any atom is -0.384 e. The fourth-order valence-corrected chi connectivity index (χ4v) is 5.57. The minimum atomic E-state index is -4.28. The standard InChI is InChI=1S/C19H25ClF2N4O2S2/c20-13-10-16(30(27,28)26-18-25-12-17(22)29-18)14(21)11-15(13)24-9-4-2-1-3-6-19(23)7-5-8-19/h10-12,24H,1-9,23H2,(H,25,26). The van der Waals surface area contributed by atoms with Crippen LogP contribution in [0, 0.1) is 10.9 Å². The molecule has 11 heteroatoms. The average Bonchev–Trinajstić information content (AvgIpc) is 3.05. The number of sulfonamides is 1. The molecule has 0 radical (unpaired) electrons. The lowest BCUT2D eigenvalue weighted by atomic mass is 9.74. The fourth-order valence-electron chi connectivity index (χ4n) is 3.40. The van der Waals surface area contributed by atoms with Crippen LogP contribution in [0.1, 0.15) is 51.4 Å². The van der Waals surface area contributed by atoms with E-state index < -0.39 is 25.9 Å². The number of halogens is 3. The normalized spacial score (nSPS) is 15.6. The number of anilines is 2. The molecule has 0 bridgehead atoms. The second-order valence-electron chi connectivity index (χ2n) is 7.64. The zero-order valence-electron chi connectivity index (χ0n) is 16.4. The number of hydrogen-bond donors (Lipinski definition) is 3. The van der Waals surface area contributed by atoms with Gasteiger partial charge in [-0.25, -0.2) is 17.8 Å².